The minimum absolute atomic E-state index is 0.114. The summed E-state index contributed by atoms with van der Waals surface area (Å²) < 4.78 is 5.25. The molecular formula is C14H22N4O2. The normalized spacial score (nSPS) is 23.4. The molecule has 1 aromatic rings. The molecular weight excluding hydrogens is 256 g/mol. The van der Waals surface area contributed by atoms with Crippen LogP contribution in [0, 0.1) is 5.92 Å². The number of amides is 1. The number of nitrogens with one attached hydrogen (secondary N) is 1. The predicted octanol–water partition coefficient (Wildman–Crippen LogP) is 1.29. The van der Waals surface area contributed by atoms with Crippen molar-refractivity contribution in [1.29, 1.82) is 0 Å². The second kappa shape index (κ2) is 5.52. The number of hydrogen-bond acceptors (Lipinski definition) is 5. The van der Waals surface area contributed by atoms with Gasteiger partial charge in [0.2, 0.25) is 11.8 Å². The van der Waals surface area contributed by atoms with E-state index in [0.29, 0.717) is 18.5 Å². The monoisotopic (exact) mass is 278 g/mol. The number of likely N-dealkylation sites (tertiary alicyclic amines) is 1. The van der Waals surface area contributed by atoms with Crippen LogP contribution in [0.4, 0.5) is 0 Å². The molecule has 2 fully saturated rings. The largest absolute Gasteiger partial charge is 0.353 e. The maximum atomic E-state index is 12.0. The number of carbonyl (C=O) groups is 1. The summed E-state index contributed by atoms with van der Waals surface area (Å²) >= 11 is 0. The van der Waals surface area contributed by atoms with Gasteiger partial charge in [-0.2, -0.15) is 4.98 Å². The van der Waals surface area contributed by atoms with E-state index in [1.54, 1.807) is 0 Å². The highest BCUT2D eigenvalue weighted by atomic mass is 16.5. The lowest BCUT2D eigenvalue weighted by molar-refractivity contribution is -0.124. The molecule has 110 valence electrons. The number of carbonyl (C=O) groups excluding carboxylic acids is 1. The molecule has 1 amide bonds. The van der Waals surface area contributed by atoms with E-state index in [2.05, 4.69) is 20.4 Å². The SMILES string of the molecule is CC(C)c1noc(CN2CCC(C(=O)NC3CC3)C2)n1. The highest BCUT2D eigenvalue weighted by Gasteiger charge is 2.32. The van der Waals surface area contributed by atoms with Crippen LogP contribution < -0.4 is 5.32 Å². The first kappa shape index (κ1) is 13.5. The minimum Gasteiger partial charge on any atom is -0.353 e. The van der Waals surface area contributed by atoms with Crippen LogP contribution in [0.3, 0.4) is 0 Å². The molecule has 0 radical (unpaired) electrons. The van der Waals surface area contributed by atoms with Gasteiger partial charge in [0.05, 0.1) is 12.5 Å². The lowest BCUT2D eigenvalue weighted by Gasteiger charge is -2.13. The van der Waals surface area contributed by atoms with Gasteiger partial charge in [-0.3, -0.25) is 9.69 Å². The Morgan fingerprint density at radius 3 is 2.90 bits per heavy atom. The molecule has 20 heavy (non-hydrogen) atoms. The van der Waals surface area contributed by atoms with Gasteiger partial charge in [0, 0.05) is 18.5 Å². The van der Waals surface area contributed by atoms with Gasteiger partial charge in [-0.05, 0) is 25.8 Å². The molecule has 6 nitrogen and oxygen atoms in total. The van der Waals surface area contributed by atoms with Crippen LogP contribution in [0.25, 0.3) is 0 Å². The zero-order valence-electron chi connectivity index (χ0n) is 12.1. The maximum Gasteiger partial charge on any atom is 0.240 e. The van der Waals surface area contributed by atoms with Crippen molar-refractivity contribution in [2.45, 2.75) is 51.6 Å². The van der Waals surface area contributed by atoms with Crippen LogP contribution in [-0.2, 0) is 11.3 Å². The molecule has 2 heterocycles. The van der Waals surface area contributed by atoms with Crippen LogP contribution in [0.5, 0.6) is 0 Å². The van der Waals surface area contributed by atoms with Gasteiger partial charge in [0.15, 0.2) is 5.82 Å². The molecule has 1 saturated heterocycles. The topological polar surface area (TPSA) is 71.3 Å². The summed E-state index contributed by atoms with van der Waals surface area (Å²) in [6.07, 6.45) is 3.20. The molecule has 1 unspecified atom stereocenters. The van der Waals surface area contributed by atoms with Crippen LogP contribution in [0.2, 0.25) is 0 Å². The average molecular weight is 278 g/mol. The van der Waals surface area contributed by atoms with Crippen LogP contribution in [0.15, 0.2) is 4.52 Å². The second-order valence-electron chi connectivity index (χ2n) is 6.20. The highest BCUT2D eigenvalue weighted by Crippen LogP contribution is 2.23. The first-order valence-electron chi connectivity index (χ1n) is 7.47. The first-order valence-corrected chi connectivity index (χ1v) is 7.47. The molecule has 1 aliphatic carbocycles. The van der Waals surface area contributed by atoms with E-state index in [0.717, 1.165) is 38.2 Å². The molecule has 1 aromatic heterocycles. The van der Waals surface area contributed by atoms with Gasteiger partial charge >= 0.3 is 0 Å². The fraction of sp³-hybridized carbons (Fsp3) is 0.786. The molecule has 0 aromatic carbocycles. The average Bonchev–Trinajstić information content (AvgIpc) is 2.93. The zero-order valence-corrected chi connectivity index (χ0v) is 12.1. The van der Waals surface area contributed by atoms with Crippen molar-refractivity contribution < 1.29 is 9.32 Å². The number of rotatable bonds is 5. The van der Waals surface area contributed by atoms with Crippen molar-refractivity contribution in [3.63, 3.8) is 0 Å². The summed E-state index contributed by atoms with van der Waals surface area (Å²) in [5.41, 5.74) is 0. The van der Waals surface area contributed by atoms with Gasteiger partial charge in [0.1, 0.15) is 0 Å². The number of hydrogen-bond donors (Lipinski definition) is 1. The zero-order chi connectivity index (χ0) is 14.1. The van der Waals surface area contributed by atoms with Crippen LogP contribution in [0.1, 0.15) is 50.7 Å². The van der Waals surface area contributed by atoms with E-state index in [4.69, 9.17) is 4.52 Å². The molecule has 6 heteroatoms. The lowest BCUT2D eigenvalue weighted by atomic mass is 10.1. The Kier molecular flexibility index (Phi) is 3.74. The van der Waals surface area contributed by atoms with Crippen LogP contribution >= 0.6 is 0 Å². The maximum absolute atomic E-state index is 12.0. The fourth-order valence-corrected chi connectivity index (χ4v) is 2.50. The summed E-state index contributed by atoms with van der Waals surface area (Å²) in [5, 5.41) is 7.05. The summed E-state index contributed by atoms with van der Waals surface area (Å²) in [7, 11) is 0. The fourth-order valence-electron chi connectivity index (χ4n) is 2.50. The van der Waals surface area contributed by atoms with Crippen molar-refractivity contribution in [3.8, 4) is 0 Å². The van der Waals surface area contributed by atoms with Gasteiger partial charge in [-0.15, -0.1) is 0 Å². The first-order chi connectivity index (χ1) is 9.61. The molecule has 1 aliphatic heterocycles. The van der Waals surface area contributed by atoms with E-state index in [9.17, 15) is 4.79 Å². The molecule has 1 N–H and O–H groups in total. The van der Waals surface area contributed by atoms with Gasteiger partial charge < -0.3 is 9.84 Å². The summed E-state index contributed by atoms with van der Waals surface area (Å²) in [4.78, 5) is 18.6. The van der Waals surface area contributed by atoms with E-state index < -0.39 is 0 Å². The number of aromatic nitrogens is 2. The van der Waals surface area contributed by atoms with Crippen molar-refractivity contribution >= 4 is 5.91 Å². The predicted molar refractivity (Wildman–Crippen MR) is 72.9 cm³/mol. The van der Waals surface area contributed by atoms with Crippen LogP contribution in [-0.4, -0.2) is 40.1 Å². The molecule has 1 saturated carbocycles. The number of nitrogens with zero attached hydrogens (tertiary/aromatic N) is 3. The van der Waals surface area contributed by atoms with Gasteiger partial charge in [0.25, 0.3) is 0 Å². The van der Waals surface area contributed by atoms with Crippen molar-refractivity contribution in [2.24, 2.45) is 5.92 Å². The third kappa shape index (κ3) is 3.17. The van der Waals surface area contributed by atoms with Crippen molar-refractivity contribution in [1.82, 2.24) is 20.4 Å². The Bertz CT molecular complexity index is 481. The smallest absolute Gasteiger partial charge is 0.240 e. The Morgan fingerprint density at radius 2 is 2.25 bits per heavy atom. The molecule has 0 bridgehead atoms. The molecule has 2 aliphatic rings. The van der Waals surface area contributed by atoms with E-state index in [1.807, 2.05) is 13.8 Å². The summed E-state index contributed by atoms with van der Waals surface area (Å²) in [6.45, 7) is 6.44. The summed E-state index contributed by atoms with van der Waals surface area (Å²) in [5.74, 6) is 2.01. The Labute approximate surface area is 118 Å². The lowest BCUT2D eigenvalue weighted by Crippen LogP contribution is -2.34. The standard InChI is InChI=1S/C14H22N4O2/c1-9(2)13-16-12(20-17-13)8-18-6-5-10(7-18)14(19)15-11-3-4-11/h9-11H,3-8H2,1-2H3,(H,15,19). The minimum atomic E-state index is 0.114. The third-order valence-electron chi connectivity index (χ3n) is 3.93. The van der Waals surface area contributed by atoms with E-state index >= 15 is 0 Å². The molecule has 3 rings (SSSR count). The quantitative estimate of drug-likeness (QED) is 0.879. The molecule has 0 spiro atoms. The van der Waals surface area contributed by atoms with E-state index in [-0.39, 0.29) is 17.7 Å². The molecule has 1 atom stereocenters. The Balaban J connectivity index is 1.50. The third-order valence-corrected chi connectivity index (χ3v) is 3.93. The van der Waals surface area contributed by atoms with Gasteiger partial charge in [-0.1, -0.05) is 19.0 Å². The van der Waals surface area contributed by atoms with Crippen molar-refractivity contribution in [3.05, 3.63) is 11.7 Å². The summed E-state index contributed by atoms with van der Waals surface area (Å²) in [6, 6.07) is 0.445. The second-order valence-corrected chi connectivity index (χ2v) is 6.20. The Morgan fingerprint density at radius 1 is 1.45 bits per heavy atom. The van der Waals surface area contributed by atoms with Crippen molar-refractivity contribution in [2.75, 3.05) is 13.1 Å². The Hall–Kier alpha value is -1.43. The highest BCUT2D eigenvalue weighted by molar-refractivity contribution is 5.79. The van der Waals surface area contributed by atoms with E-state index in [1.165, 1.54) is 0 Å². The van der Waals surface area contributed by atoms with Gasteiger partial charge in [-0.25, -0.2) is 0 Å².